The molecule has 0 aliphatic carbocycles. The largest absolute Gasteiger partial charge is 0.326 e. The molecule has 0 aliphatic heterocycles. The highest BCUT2D eigenvalue weighted by Crippen LogP contribution is 2.00. The molecular weight excluding hydrogens is 180 g/mol. The molecule has 74 valence electrons. The summed E-state index contributed by atoms with van der Waals surface area (Å²) in [6.07, 6.45) is 0.946. The fraction of sp³-hybridized carbons (Fsp3) is 0.400. The summed E-state index contributed by atoms with van der Waals surface area (Å²) in [5, 5.41) is 3.06. The number of hydrogen-bond donors (Lipinski definition) is 2. The van der Waals surface area contributed by atoms with E-state index in [1.54, 1.807) is 0 Å². The Bertz CT molecular complexity index is 213. The summed E-state index contributed by atoms with van der Waals surface area (Å²) in [5.74, 6) is 0. The van der Waals surface area contributed by atoms with E-state index in [0.717, 1.165) is 13.0 Å². The Morgan fingerprint density at radius 1 is 1.31 bits per heavy atom. The zero-order chi connectivity index (χ0) is 8.81. The van der Waals surface area contributed by atoms with Gasteiger partial charge in [0.05, 0.1) is 0 Å². The minimum Gasteiger partial charge on any atom is -0.326 e. The molecule has 0 aliphatic rings. The van der Waals surface area contributed by atoms with Crippen LogP contribution >= 0.6 is 13.5 Å². The van der Waals surface area contributed by atoms with Crippen molar-refractivity contribution in [3.63, 3.8) is 0 Å². The van der Waals surface area contributed by atoms with Crippen molar-refractivity contribution in [1.82, 2.24) is 5.32 Å². The van der Waals surface area contributed by atoms with Crippen LogP contribution in [0.1, 0.15) is 5.56 Å². The van der Waals surface area contributed by atoms with Crippen molar-refractivity contribution in [1.29, 1.82) is 0 Å². The van der Waals surface area contributed by atoms with Gasteiger partial charge in [-0.15, -0.1) is 0 Å². The predicted octanol–water partition coefficient (Wildman–Crippen LogP) is 0.889. The molecule has 0 saturated carbocycles. The van der Waals surface area contributed by atoms with E-state index in [2.05, 4.69) is 17.4 Å². The van der Waals surface area contributed by atoms with Gasteiger partial charge in [0.2, 0.25) is 0 Å². The van der Waals surface area contributed by atoms with E-state index < -0.39 is 0 Å². The summed E-state index contributed by atoms with van der Waals surface area (Å²) in [6.45, 7) is 0.870. The maximum atomic E-state index is 5.85. The first kappa shape index (κ1) is 12.5. The lowest BCUT2D eigenvalue weighted by Gasteiger charge is -2.09. The van der Waals surface area contributed by atoms with Crippen molar-refractivity contribution in [2.24, 2.45) is 5.73 Å². The van der Waals surface area contributed by atoms with Gasteiger partial charge in [-0.25, -0.2) is 0 Å². The molecule has 0 aromatic heterocycles. The van der Waals surface area contributed by atoms with Gasteiger partial charge in [-0.05, 0) is 19.0 Å². The van der Waals surface area contributed by atoms with Crippen molar-refractivity contribution in [2.75, 3.05) is 13.6 Å². The maximum Gasteiger partial charge on any atom is 0.0206 e. The normalized spacial score (nSPS) is 11.8. The molecule has 0 radical (unpaired) electrons. The molecule has 0 spiro atoms. The molecule has 2 nitrogen and oxygen atoms in total. The molecule has 0 fully saturated rings. The number of nitrogens with one attached hydrogen (secondary N) is 1. The second-order valence-electron chi connectivity index (χ2n) is 3.01. The zero-order valence-corrected chi connectivity index (χ0v) is 8.96. The van der Waals surface area contributed by atoms with Gasteiger partial charge in [-0.2, -0.15) is 13.5 Å². The summed E-state index contributed by atoms with van der Waals surface area (Å²) >= 11 is 0. The van der Waals surface area contributed by atoms with Crippen molar-refractivity contribution >= 4 is 13.5 Å². The SMILES string of the molecule is CNC[C@@H](N)Cc1ccccc1.S. The fourth-order valence-corrected chi connectivity index (χ4v) is 1.25. The van der Waals surface area contributed by atoms with Gasteiger partial charge >= 0.3 is 0 Å². The number of likely N-dealkylation sites (N-methyl/N-ethyl adjacent to an activating group) is 1. The molecule has 0 heterocycles. The lowest BCUT2D eigenvalue weighted by Crippen LogP contribution is -2.33. The van der Waals surface area contributed by atoms with E-state index >= 15 is 0 Å². The molecular formula is C10H18N2S. The van der Waals surface area contributed by atoms with E-state index in [4.69, 9.17) is 5.73 Å². The van der Waals surface area contributed by atoms with Gasteiger partial charge in [-0.3, -0.25) is 0 Å². The second-order valence-corrected chi connectivity index (χ2v) is 3.01. The molecule has 13 heavy (non-hydrogen) atoms. The minimum absolute atomic E-state index is 0. The summed E-state index contributed by atoms with van der Waals surface area (Å²) < 4.78 is 0. The summed E-state index contributed by atoms with van der Waals surface area (Å²) in [7, 11) is 1.92. The van der Waals surface area contributed by atoms with Crippen LogP contribution in [0.3, 0.4) is 0 Å². The quantitative estimate of drug-likeness (QED) is 0.754. The molecule has 1 rings (SSSR count). The van der Waals surface area contributed by atoms with Crippen LogP contribution in [-0.4, -0.2) is 19.6 Å². The highest BCUT2D eigenvalue weighted by atomic mass is 32.1. The van der Waals surface area contributed by atoms with E-state index in [1.165, 1.54) is 5.56 Å². The number of nitrogens with two attached hydrogens (primary N) is 1. The van der Waals surface area contributed by atoms with Crippen molar-refractivity contribution in [2.45, 2.75) is 12.5 Å². The van der Waals surface area contributed by atoms with Crippen LogP contribution in [0.25, 0.3) is 0 Å². The van der Waals surface area contributed by atoms with E-state index in [-0.39, 0.29) is 19.5 Å². The Morgan fingerprint density at radius 2 is 1.92 bits per heavy atom. The lowest BCUT2D eigenvalue weighted by molar-refractivity contribution is 0.616. The lowest BCUT2D eigenvalue weighted by atomic mass is 10.1. The number of benzene rings is 1. The van der Waals surface area contributed by atoms with Crippen LogP contribution in [0.15, 0.2) is 30.3 Å². The van der Waals surface area contributed by atoms with Crippen LogP contribution in [0.5, 0.6) is 0 Å². The van der Waals surface area contributed by atoms with E-state index in [9.17, 15) is 0 Å². The highest BCUT2D eigenvalue weighted by Gasteiger charge is 2.00. The standard InChI is InChI=1S/C10H16N2.H2S/c1-12-8-10(11)7-9-5-3-2-4-6-9;/h2-6,10,12H,7-8,11H2,1H3;1H2/t10-;/m0./s1. The van der Waals surface area contributed by atoms with Gasteiger partial charge in [-0.1, -0.05) is 30.3 Å². The van der Waals surface area contributed by atoms with Crippen LogP contribution < -0.4 is 11.1 Å². The van der Waals surface area contributed by atoms with Gasteiger partial charge in [0.25, 0.3) is 0 Å². The van der Waals surface area contributed by atoms with Crippen molar-refractivity contribution in [3.05, 3.63) is 35.9 Å². The Labute approximate surface area is 87.0 Å². The monoisotopic (exact) mass is 198 g/mol. The number of rotatable bonds is 4. The van der Waals surface area contributed by atoms with Crippen LogP contribution in [0.4, 0.5) is 0 Å². The van der Waals surface area contributed by atoms with Gasteiger partial charge in [0.15, 0.2) is 0 Å². The summed E-state index contributed by atoms with van der Waals surface area (Å²) in [5.41, 5.74) is 7.16. The molecule has 0 unspecified atom stereocenters. The average molecular weight is 198 g/mol. The van der Waals surface area contributed by atoms with Crippen molar-refractivity contribution in [3.8, 4) is 0 Å². The molecule has 0 saturated heterocycles. The van der Waals surface area contributed by atoms with Gasteiger partial charge in [0.1, 0.15) is 0 Å². The molecule has 0 amide bonds. The van der Waals surface area contributed by atoms with Gasteiger partial charge < -0.3 is 11.1 Å². The third-order valence-electron chi connectivity index (χ3n) is 1.81. The minimum atomic E-state index is 0. The average Bonchev–Trinajstić information content (AvgIpc) is 2.06. The van der Waals surface area contributed by atoms with E-state index in [1.807, 2.05) is 25.2 Å². The Hall–Kier alpha value is -0.510. The Morgan fingerprint density at radius 3 is 2.46 bits per heavy atom. The predicted molar refractivity (Wildman–Crippen MR) is 62.4 cm³/mol. The molecule has 0 bridgehead atoms. The summed E-state index contributed by atoms with van der Waals surface area (Å²) in [6, 6.07) is 10.5. The number of hydrogen-bond acceptors (Lipinski definition) is 2. The first-order valence-corrected chi connectivity index (χ1v) is 4.27. The first-order chi connectivity index (χ1) is 5.83. The molecule has 1 aromatic rings. The van der Waals surface area contributed by atoms with E-state index in [0.29, 0.717) is 0 Å². The van der Waals surface area contributed by atoms with Crippen LogP contribution in [0, 0.1) is 0 Å². The van der Waals surface area contributed by atoms with Gasteiger partial charge in [0, 0.05) is 12.6 Å². The summed E-state index contributed by atoms with van der Waals surface area (Å²) in [4.78, 5) is 0. The first-order valence-electron chi connectivity index (χ1n) is 4.27. The van der Waals surface area contributed by atoms with Crippen LogP contribution in [0.2, 0.25) is 0 Å². The molecule has 1 atom stereocenters. The van der Waals surface area contributed by atoms with Crippen LogP contribution in [-0.2, 0) is 6.42 Å². The third-order valence-corrected chi connectivity index (χ3v) is 1.81. The Balaban J connectivity index is 0.00000144. The molecule has 3 N–H and O–H groups in total. The van der Waals surface area contributed by atoms with Crippen molar-refractivity contribution < 1.29 is 0 Å². The Kier molecular flexibility index (Phi) is 6.68. The third kappa shape index (κ3) is 4.93. The molecule has 3 heteroatoms. The fourth-order valence-electron chi connectivity index (χ4n) is 1.25. The topological polar surface area (TPSA) is 38.0 Å². The highest BCUT2D eigenvalue weighted by molar-refractivity contribution is 7.59. The zero-order valence-electron chi connectivity index (χ0n) is 7.96. The smallest absolute Gasteiger partial charge is 0.0206 e. The second kappa shape index (κ2) is 6.95. The molecule has 1 aromatic carbocycles. The maximum absolute atomic E-state index is 5.85.